The zero-order valence-electron chi connectivity index (χ0n) is 16.8. The second kappa shape index (κ2) is 8.17. The van der Waals surface area contributed by atoms with E-state index >= 15 is 0 Å². The molecule has 2 aromatic carbocycles. The summed E-state index contributed by atoms with van der Waals surface area (Å²) in [5.41, 5.74) is 2.46. The van der Waals surface area contributed by atoms with E-state index in [0.717, 1.165) is 25.8 Å². The first kappa shape index (κ1) is 19.9. The van der Waals surface area contributed by atoms with Gasteiger partial charge in [0.1, 0.15) is 18.2 Å². The lowest BCUT2D eigenvalue weighted by atomic mass is 10.0. The molecule has 0 N–H and O–H groups in total. The lowest BCUT2D eigenvalue weighted by molar-refractivity contribution is -0.118. The largest absolute Gasteiger partial charge is 0.285 e. The maximum absolute atomic E-state index is 13.4. The van der Waals surface area contributed by atoms with Gasteiger partial charge in [-0.05, 0) is 42.7 Å². The predicted octanol–water partition coefficient (Wildman–Crippen LogP) is 4.07. The van der Waals surface area contributed by atoms with Gasteiger partial charge >= 0.3 is 0 Å². The third-order valence-electron chi connectivity index (χ3n) is 5.11. The fourth-order valence-corrected chi connectivity index (χ4v) is 4.77. The lowest BCUT2D eigenvalue weighted by Gasteiger charge is -2.31. The van der Waals surface area contributed by atoms with Crippen LogP contribution in [-0.4, -0.2) is 15.7 Å². The lowest BCUT2D eigenvalue weighted by Crippen LogP contribution is -2.37. The monoisotopic (exact) mass is 416 g/mol. The van der Waals surface area contributed by atoms with E-state index in [9.17, 15) is 14.9 Å². The minimum Gasteiger partial charge on any atom is -0.277 e. The van der Waals surface area contributed by atoms with Crippen molar-refractivity contribution in [3.05, 3.63) is 75.7 Å². The van der Waals surface area contributed by atoms with Crippen molar-refractivity contribution in [3.8, 4) is 6.07 Å². The summed E-state index contributed by atoms with van der Waals surface area (Å²) in [7, 11) is 0. The van der Waals surface area contributed by atoms with Crippen molar-refractivity contribution in [2.45, 2.75) is 43.0 Å². The van der Waals surface area contributed by atoms with Crippen molar-refractivity contribution < 1.29 is 4.79 Å². The first-order valence-corrected chi connectivity index (χ1v) is 10.6. The molecular formula is C23H20N4O2S. The molecule has 3 aromatic rings. The van der Waals surface area contributed by atoms with Crippen LogP contribution in [0.25, 0.3) is 0 Å². The highest BCUT2D eigenvalue weighted by Gasteiger charge is 2.29. The van der Waals surface area contributed by atoms with Crippen LogP contribution in [0.5, 0.6) is 0 Å². The van der Waals surface area contributed by atoms with Gasteiger partial charge in [0.05, 0.1) is 17.1 Å². The van der Waals surface area contributed by atoms with Crippen LogP contribution < -0.4 is 10.5 Å². The Morgan fingerprint density at radius 3 is 2.17 bits per heavy atom. The SMILES string of the molecule is CCc1nn(CC(=O)N2c3ccccc3Sc3ccccc32)c(=O)c(C#N)c1CC. The molecule has 1 aliphatic heterocycles. The Bertz CT molecular complexity index is 1200. The summed E-state index contributed by atoms with van der Waals surface area (Å²) >= 11 is 1.61. The molecule has 1 aromatic heterocycles. The first-order chi connectivity index (χ1) is 14.6. The van der Waals surface area contributed by atoms with Crippen LogP contribution in [0.15, 0.2) is 63.1 Å². The van der Waals surface area contributed by atoms with E-state index in [0.29, 0.717) is 24.1 Å². The van der Waals surface area contributed by atoms with E-state index in [-0.39, 0.29) is 18.0 Å². The Balaban J connectivity index is 1.80. The molecule has 0 radical (unpaired) electrons. The number of para-hydroxylation sites is 2. The third kappa shape index (κ3) is 3.29. The molecule has 6 nitrogen and oxygen atoms in total. The van der Waals surface area contributed by atoms with Crippen LogP contribution in [-0.2, 0) is 24.2 Å². The smallest absolute Gasteiger partial charge is 0.277 e. The van der Waals surface area contributed by atoms with Gasteiger partial charge in [-0.15, -0.1) is 0 Å². The number of benzene rings is 2. The number of carbonyl (C=O) groups excluding carboxylic acids is 1. The van der Waals surface area contributed by atoms with Crippen LogP contribution in [0.4, 0.5) is 11.4 Å². The molecule has 0 saturated heterocycles. The molecule has 30 heavy (non-hydrogen) atoms. The molecule has 0 saturated carbocycles. The minimum atomic E-state index is -0.521. The van der Waals surface area contributed by atoms with Gasteiger partial charge < -0.3 is 0 Å². The summed E-state index contributed by atoms with van der Waals surface area (Å²) in [6.45, 7) is 3.58. The number of carbonyl (C=O) groups is 1. The number of hydrogen-bond acceptors (Lipinski definition) is 5. The van der Waals surface area contributed by atoms with Gasteiger partial charge in [0.25, 0.3) is 11.5 Å². The Labute approximate surface area is 178 Å². The molecule has 0 aliphatic carbocycles. The van der Waals surface area contributed by atoms with E-state index in [2.05, 4.69) is 5.10 Å². The standard InChI is InChI=1S/C23H20N4O2S/c1-3-15-16(13-24)23(29)26(25-17(15)4-2)14-22(28)27-18-9-5-7-11-20(18)30-21-12-8-6-10-19(21)27/h5-12H,3-4,14H2,1-2H3. The summed E-state index contributed by atoms with van der Waals surface area (Å²) in [6.07, 6.45) is 1.13. The molecule has 0 atom stereocenters. The molecule has 4 rings (SSSR count). The van der Waals surface area contributed by atoms with Crippen LogP contribution in [0, 0.1) is 11.3 Å². The molecule has 1 aliphatic rings. The summed E-state index contributed by atoms with van der Waals surface area (Å²) in [6, 6.07) is 17.4. The van der Waals surface area contributed by atoms with E-state index < -0.39 is 5.56 Å². The molecule has 2 heterocycles. The number of nitrogens with zero attached hydrogens (tertiary/aromatic N) is 4. The quantitative estimate of drug-likeness (QED) is 0.641. The number of amides is 1. The van der Waals surface area contributed by atoms with Gasteiger partial charge in [0.15, 0.2) is 0 Å². The van der Waals surface area contributed by atoms with E-state index in [1.165, 1.54) is 0 Å². The minimum absolute atomic E-state index is 0.0761. The fraction of sp³-hybridized carbons (Fsp3) is 0.217. The maximum atomic E-state index is 13.4. The highest BCUT2D eigenvalue weighted by atomic mass is 32.2. The predicted molar refractivity (Wildman–Crippen MR) is 116 cm³/mol. The van der Waals surface area contributed by atoms with Crippen LogP contribution in [0.2, 0.25) is 0 Å². The average Bonchev–Trinajstić information content (AvgIpc) is 2.78. The van der Waals surface area contributed by atoms with Gasteiger partial charge in [-0.1, -0.05) is 49.9 Å². The fourth-order valence-electron chi connectivity index (χ4n) is 3.71. The average molecular weight is 417 g/mol. The highest BCUT2D eigenvalue weighted by Crippen LogP contribution is 2.47. The second-order valence-corrected chi connectivity index (χ2v) is 7.93. The van der Waals surface area contributed by atoms with E-state index in [1.807, 2.05) is 68.4 Å². The van der Waals surface area contributed by atoms with Gasteiger partial charge in [-0.2, -0.15) is 10.4 Å². The first-order valence-electron chi connectivity index (χ1n) is 9.80. The number of fused-ring (bicyclic) bond motifs is 2. The number of anilines is 2. The van der Waals surface area contributed by atoms with Crippen molar-refractivity contribution in [3.63, 3.8) is 0 Å². The molecule has 7 heteroatoms. The summed E-state index contributed by atoms with van der Waals surface area (Å²) in [4.78, 5) is 29.9. The Morgan fingerprint density at radius 2 is 1.63 bits per heavy atom. The van der Waals surface area contributed by atoms with Gasteiger partial charge in [0.2, 0.25) is 0 Å². The second-order valence-electron chi connectivity index (χ2n) is 6.85. The number of hydrogen-bond donors (Lipinski definition) is 0. The van der Waals surface area contributed by atoms with Crippen molar-refractivity contribution in [2.24, 2.45) is 0 Å². The molecule has 0 fully saturated rings. The van der Waals surface area contributed by atoms with E-state index in [1.54, 1.807) is 16.7 Å². The number of aromatic nitrogens is 2. The van der Waals surface area contributed by atoms with Crippen LogP contribution >= 0.6 is 11.8 Å². The maximum Gasteiger partial charge on any atom is 0.285 e. The number of aryl methyl sites for hydroxylation is 1. The molecule has 1 amide bonds. The summed E-state index contributed by atoms with van der Waals surface area (Å²) in [5.74, 6) is -0.278. The third-order valence-corrected chi connectivity index (χ3v) is 6.24. The highest BCUT2D eigenvalue weighted by molar-refractivity contribution is 7.99. The summed E-state index contributed by atoms with van der Waals surface area (Å²) in [5, 5.41) is 13.9. The molecule has 150 valence electrons. The van der Waals surface area contributed by atoms with Gasteiger partial charge in [-0.25, -0.2) is 4.68 Å². The Hall–Kier alpha value is -3.37. The van der Waals surface area contributed by atoms with Crippen molar-refractivity contribution in [2.75, 3.05) is 4.90 Å². The van der Waals surface area contributed by atoms with Crippen molar-refractivity contribution in [1.82, 2.24) is 9.78 Å². The molecule has 0 bridgehead atoms. The number of nitriles is 1. The topological polar surface area (TPSA) is 79.0 Å². The molecule has 0 spiro atoms. The van der Waals surface area contributed by atoms with Crippen LogP contribution in [0.1, 0.15) is 30.7 Å². The van der Waals surface area contributed by atoms with Crippen molar-refractivity contribution >= 4 is 29.0 Å². The Morgan fingerprint density at radius 1 is 1.03 bits per heavy atom. The van der Waals surface area contributed by atoms with E-state index in [4.69, 9.17) is 0 Å². The Kier molecular flexibility index (Phi) is 5.42. The molecule has 0 unspecified atom stereocenters. The van der Waals surface area contributed by atoms with Gasteiger partial charge in [-0.3, -0.25) is 14.5 Å². The van der Waals surface area contributed by atoms with Crippen LogP contribution in [0.3, 0.4) is 0 Å². The molecular weight excluding hydrogens is 396 g/mol. The zero-order valence-corrected chi connectivity index (χ0v) is 17.6. The normalized spacial score (nSPS) is 12.1. The van der Waals surface area contributed by atoms with Crippen molar-refractivity contribution in [1.29, 1.82) is 5.26 Å². The zero-order chi connectivity index (χ0) is 21.3. The van der Waals surface area contributed by atoms with Gasteiger partial charge in [0, 0.05) is 9.79 Å². The number of rotatable bonds is 4. The summed E-state index contributed by atoms with van der Waals surface area (Å²) < 4.78 is 1.13.